The predicted molar refractivity (Wildman–Crippen MR) is 90.8 cm³/mol. The predicted octanol–water partition coefficient (Wildman–Crippen LogP) is 1.89. The van der Waals surface area contributed by atoms with Crippen LogP contribution < -0.4 is 10.6 Å². The summed E-state index contributed by atoms with van der Waals surface area (Å²) in [6, 6.07) is 5.90. The van der Waals surface area contributed by atoms with Crippen LogP contribution in [-0.2, 0) is 17.7 Å². The van der Waals surface area contributed by atoms with Gasteiger partial charge >= 0.3 is 5.97 Å². The van der Waals surface area contributed by atoms with E-state index in [-0.39, 0.29) is 0 Å². The quantitative estimate of drug-likeness (QED) is 0.552. The first-order chi connectivity index (χ1) is 11.7. The van der Waals surface area contributed by atoms with Crippen molar-refractivity contribution in [2.45, 2.75) is 13.0 Å². The molecule has 0 atom stereocenters. The third-order valence-corrected chi connectivity index (χ3v) is 4.34. The highest BCUT2D eigenvalue weighted by Gasteiger charge is 2.22. The van der Waals surface area contributed by atoms with Gasteiger partial charge in [-0.05, 0) is 18.2 Å². The van der Waals surface area contributed by atoms with Crippen LogP contribution in [-0.4, -0.2) is 34.6 Å². The summed E-state index contributed by atoms with van der Waals surface area (Å²) in [5.41, 5.74) is 10.6. The largest absolute Gasteiger partial charge is 0.465 e. The number of aromatic nitrogens is 3. The van der Waals surface area contributed by atoms with Gasteiger partial charge in [-0.2, -0.15) is 0 Å². The molecule has 0 amide bonds. The zero-order valence-electron chi connectivity index (χ0n) is 13.2. The molecular formula is C17H17N5O2. The molecule has 0 fully saturated rings. The molecule has 3 heterocycles. The summed E-state index contributed by atoms with van der Waals surface area (Å²) in [5, 5.41) is 1.14. The number of ether oxygens (including phenoxy) is 1. The third-order valence-electron chi connectivity index (χ3n) is 4.34. The number of methoxy groups -OCH3 is 1. The number of nitrogens with zero attached hydrogens (tertiary/aromatic N) is 3. The monoisotopic (exact) mass is 323 g/mol. The molecule has 0 bridgehead atoms. The summed E-state index contributed by atoms with van der Waals surface area (Å²) in [6.07, 6.45) is 3.87. The molecule has 2 aromatic heterocycles. The van der Waals surface area contributed by atoms with Crippen LogP contribution >= 0.6 is 0 Å². The van der Waals surface area contributed by atoms with Crippen molar-refractivity contribution in [3.8, 4) is 0 Å². The number of nitrogens with two attached hydrogens (primary N) is 1. The van der Waals surface area contributed by atoms with Gasteiger partial charge in [-0.25, -0.2) is 14.8 Å². The number of carbonyl (C=O) groups is 1. The van der Waals surface area contributed by atoms with Crippen LogP contribution in [0.4, 0.5) is 11.6 Å². The fraction of sp³-hybridized carbons (Fsp3) is 0.235. The number of hydrogen-bond donors (Lipinski definition) is 2. The molecule has 24 heavy (non-hydrogen) atoms. The van der Waals surface area contributed by atoms with Gasteiger partial charge in [-0.3, -0.25) is 0 Å². The third kappa shape index (κ3) is 2.34. The number of benzene rings is 1. The van der Waals surface area contributed by atoms with E-state index in [0.29, 0.717) is 18.1 Å². The van der Waals surface area contributed by atoms with Crippen molar-refractivity contribution in [3.05, 3.63) is 47.4 Å². The summed E-state index contributed by atoms with van der Waals surface area (Å²) in [5.74, 6) is 0.168. The van der Waals surface area contributed by atoms with E-state index in [1.807, 2.05) is 18.2 Å². The van der Waals surface area contributed by atoms with Crippen LogP contribution in [0.5, 0.6) is 0 Å². The van der Waals surface area contributed by atoms with Crippen LogP contribution in [0.1, 0.15) is 21.6 Å². The van der Waals surface area contributed by atoms with E-state index in [1.54, 1.807) is 0 Å². The molecule has 3 N–H and O–H groups in total. The maximum Gasteiger partial charge on any atom is 0.341 e. The van der Waals surface area contributed by atoms with Crippen molar-refractivity contribution in [1.82, 2.24) is 15.0 Å². The molecule has 1 aromatic carbocycles. The molecular weight excluding hydrogens is 306 g/mol. The molecule has 122 valence electrons. The Balaban J connectivity index is 1.65. The van der Waals surface area contributed by atoms with Crippen molar-refractivity contribution < 1.29 is 9.53 Å². The molecule has 0 saturated carbocycles. The Labute approximate surface area is 138 Å². The Morgan fingerprint density at radius 3 is 2.88 bits per heavy atom. The number of fused-ring (bicyclic) bond motifs is 3. The molecule has 7 heteroatoms. The van der Waals surface area contributed by atoms with Gasteiger partial charge < -0.3 is 20.4 Å². The molecule has 0 aliphatic carbocycles. The van der Waals surface area contributed by atoms with Crippen molar-refractivity contribution in [2.24, 2.45) is 0 Å². The van der Waals surface area contributed by atoms with E-state index in [0.717, 1.165) is 29.6 Å². The molecule has 1 aliphatic rings. The summed E-state index contributed by atoms with van der Waals surface area (Å²) in [7, 11) is 1.34. The molecule has 0 unspecified atom stereocenters. The minimum Gasteiger partial charge on any atom is -0.465 e. The van der Waals surface area contributed by atoms with E-state index in [1.165, 1.54) is 30.8 Å². The number of nitrogens with one attached hydrogen (secondary N) is 1. The van der Waals surface area contributed by atoms with Crippen LogP contribution in [0.3, 0.4) is 0 Å². The van der Waals surface area contributed by atoms with Crippen molar-refractivity contribution in [1.29, 1.82) is 0 Å². The summed E-state index contributed by atoms with van der Waals surface area (Å²) >= 11 is 0. The minimum atomic E-state index is -0.436. The first-order valence-corrected chi connectivity index (χ1v) is 7.70. The van der Waals surface area contributed by atoms with E-state index in [4.69, 9.17) is 5.73 Å². The number of rotatable bonds is 2. The minimum absolute atomic E-state index is 0.346. The molecule has 0 radical (unpaired) electrons. The number of esters is 1. The van der Waals surface area contributed by atoms with E-state index >= 15 is 0 Å². The second-order valence-corrected chi connectivity index (χ2v) is 5.82. The van der Waals surface area contributed by atoms with Gasteiger partial charge in [-0.1, -0.05) is 0 Å². The van der Waals surface area contributed by atoms with E-state index in [2.05, 4.69) is 24.6 Å². The van der Waals surface area contributed by atoms with Gasteiger partial charge in [0.05, 0.1) is 12.7 Å². The molecule has 0 spiro atoms. The average molecular weight is 323 g/mol. The molecule has 4 rings (SSSR count). The zero-order chi connectivity index (χ0) is 16.7. The molecule has 7 nitrogen and oxygen atoms in total. The standard InChI is InChI=1S/C17H17N5O2/c1-24-16(23)10-7-19-17(20-8-10)22-5-4-15-13(9-22)12-6-11(18)2-3-14(12)21-15/h2-3,6-8,21H,4-5,9,18H2,1H3. The molecule has 3 aromatic rings. The fourth-order valence-electron chi connectivity index (χ4n) is 3.11. The normalized spacial score (nSPS) is 13.8. The van der Waals surface area contributed by atoms with Gasteiger partial charge in [0.25, 0.3) is 0 Å². The molecule has 0 saturated heterocycles. The van der Waals surface area contributed by atoms with Gasteiger partial charge in [-0.15, -0.1) is 0 Å². The number of H-pyrrole nitrogens is 1. The Bertz CT molecular complexity index is 917. The first-order valence-electron chi connectivity index (χ1n) is 7.70. The van der Waals surface area contributed by atoms with Crippen LogP contribution in [0.25, 0.3) is 10.9 Å². The number of hydrogen-bond acceptors (Lipinski definition) is 6. The summed E-state index contributed by atoms with van der Waals surface area (Å²) in [6.45, 7) is 1.52. The summed E-state index contributed by atoms with van der Waals surface area (Å²) < 4.78 is 4.67. The first kappa shape index (κ1) is 14.5. The van der Waals surface area contributed by atoms with Crippen molar-refractivity contribution in [3.63, 3.8) is 0 Å². The van der Waals surface area contributed by atoms with Crippen molar-refractivity contribution >= 4 is 28.5 Å². The topological polar surface area (TPSA) is 97.1 Å². The average Bonchev–Trinajstić information content (AvgIpc) is 2.98. The van der Waals surface area contributed by atoms with Crippen molar-refractivity contribution in [2.75, 3.05) is 24.3 Å². The lowest BCUT2D eigenvalue weighted by molar-refractivity contribution is 0.0600. The zero-order valence-corrected chi connectivity index (χ0v) is 13.2. The number of nitrogen functional groups attached to an aromatic ring is 1. The Hall–Kier alpha value is -3.09. The maximum atomic E-state index is 11.5. The van der Waals surface area contributed by atoms with Gasteiger partial charge in [0.2, 0.25) is 5.95 Å². The lowest BCUT2D eigenvalue weighted by atomic mass is 10.0. The summed E-state index contributed by atoms with van der Waals surface area (Å²) in [4.78, 5) is 25.6. The second kappa shape index (κ2) is 5.52. The highest BCUT2D eigenvalue weighted by molar-refractivity contribution is 5.89. The van der Waals surface area contributed by atoms with E-state index in [9.17, 15) is 4.79 Å². The molecule has 1 aliphatic heterocycles. The van der Waals surface area contributed by atoms with Gasteiger partial charge in [0, 0.05) is 59.8 Å². The van der Waals surface area contributed by atoms with Crippen LogP contribution in [0.2, 0.25) is 0 Å². The lowest BCUT2D eigenvalue weighted by Gasteiger charge is -2.27. The van der Waals surface area contributed by atoms with Crippen LogP contribution in [0, 0.1) is 0 Å². The highest BCUT2D eigenvalue weighted by atomic mass is 16.5. The smallest absolute Gasteiger partial charge is 0.341 e. The maximum absolute atomic E-state index is 11.5. The number of carbonyl (C=O) groups excluding carboxylic acids is 1. The van der Waals surface area contributed by atoms with Gasteiger partial charge in [0.15, 0.2) is 0 Å². The second-order valence-electron chi connectivity index (χ2n) is 5.82. The SMILES string of the molecule is COC(=O)c1cnc(N2CCc3[nH]c4ccc(N)cc4c3C2)nc1. The Morgan fingerprint density at radius 2 is 2.12 bits per heavy atom. The Kier molecular flexibility index (Phi) is 3.34. The fourth-order valence-corrected chi connectivity index (χ4v) is 3.11. The lowest BCUT2D eigenvalue weighted by Crippen LogP contribution is -2.31. The Morgan fingerprint density at radius 1 is 1.33 bits per heavy atom. The number of anilines is 2. The highest BCUT2D eigenvalue weighted by Crippen LogP contribution is 2.30. The van der Waals surface area contributed by atoms with Gasteiger partial charge in [0.1, 0.15) is 0 Å². The van der Waals surface area contributed by atoms with E-state index < -0.39 is 5.97 Å². The van der Waals surface area contributed by atoms with Crippen LogP contribution in [0.15, 0.2) is 30.6 Å². The number of aromatic amines is 1.